The van der Waals surface area contributed by atoms with E-state index in [1.807, 2.05) is 43.3 Å². The summed E-state index contributed by atoms with van der Waals surface area (Å²) in [4.78, 5) is 32.8. The van der Waals surface area contributed by atoms with E-state index < -0.39 is 6.04 Å². The average molecular weight is 489 g/mol. The Hall–Kier alpha value is -3.52. The number of benzene rings is 2. The summed E-state index contributed by atoms with van der Waals surface area (Å²) < 4.78 is 7.17. The standard InChI is InChI=1S/C27H28N4O3S/c1-4-34-22-12-10-18-7-5-6-8-19(18)21(22)14-29-30-25(32)17(3)31-15-28-26-24(27(31)33)20-11-9-16(2)13-23(20)35-26/h5-8,10,12,14-17H,4,9,11,13H2,1-3H3,(H,30,32)/b29-14-/t16-,17-/m0/s1. The Morgan fingerprint density at radius 2 is 2.17 bits per heavy atom. The van der Waals surface area contributed by atoms with Gasteiger partial charge >= 0.3 is 0 Å². The smallest absolute Gasteiger partial charge is 0.263 e. The van der Waals surface area contributed by atoms with Gasteiger partial charge in [-0.3, -0.25) is 14.2 Å². The number of thiophene rings is 1. The van der Waals surface area contributed by atoms with Gasteiger partial charge in [-0.05, 0) is 61.4 Å². The number of amides is 1. The molecule has 1 aliphatic rings. The van der Waals surface area contributed by atoms with Crippen molar-refractivity contribution in [2.24, 2.45) is 11.0 Å². The summed E-state index contributed by atoms with van der Waals surface area (Å²) in [6.45, 7) is 6.37. The van der Waals surface area contributed by atoms with Gasteiger partial charge in [-0.15, -0.1) is 11.3 Å². The minimum absolute atomic E-state index is 0.165. The van der Waals surface area contributed by atoms with Gasteiger partial charge in [-0.25, -0.2) is 10.4 Å². The molecule has 2 aromatic carbocycles. The summed E-state index contributed by atoms with van der Waals surface area (Å²) in [5.41, 5.74) is 4.33. The normalized spacial score (nSPS) is 16.5. The molecule has 2 heterocycles. The van der Waals surface area contributed by atoms with Crippen LogP contribution < -0.4 is 15.7 Å². The lowest BCUT2D eigenvalue weighted by Crippen LogP contribution is -2.34. The van der Waals surface area contributed by atoms with Crippen molar-refractivity contribution < 1.29 is 9.53 Å². The number of aryl methyl sites for hydroxylation is 1. The highest BCUT2D eigenvalue weighted by Crippen LogP contribution is 2.35. The van der Waals surface area contributed by atoms with Crippen molar-refractivity contribution in [3.8, 4) is 5.75 Å². The van der Waals surface area contributed by atoms with Crippen LogP contribution in [0.4, 0.5) is 0 Å². The number of nitrogens with one attached hydrogen (secondary N) is 1. The predicted octanol–water partition coefficient (Wildman–Crippen LogP) is 4.85. The molecule has 0 fully saturated rings. The van der Waals surface area contributed by atoms with Crippen LogP contribution in [0.1, 0.15) is 49.2 Å². The molecule has 0 unspecified atom stereocenters. The monoisotopic (exact) mass is 488 g/mol. The molecule has 0 bridgehead atoms. The van der Waals surface area contributed by atoms with Crippen molar-refractivity contribution in [2.75, 3.05) is 6.61 Å². The molecular formula is C27H28N4O3S. The minimum atomic E-state index is -0.756. The van der Waals surface area contributed by atoms with Crippen molar-refractivity contribution in [2.45, 2.75) is 46.1 Å². The lowest BCUT2D eigenvalue weighted by atomic mass is 9.89. The second-order valence-electron chi connectivity index (χ2n) is 9.03. The summed E-state index contributed by atoms with van der Waals surface area (Å²) in [6.07, 6.45) is 6.00. The molecule has 0 radical (unpaired) electrons. The van der Waals surface area contributed by atoms with Crippen LogP contribution in [-0.4, -0.2) is 28.3 Å². The zero-order valence-electron chi connectivity index (χ0n) is 20.1. The van der Waals surface area contributed by atoms with Gasteiger partial charge in [0.05, 0.1) is 24.5 Å². The third-order valence-corrected chi connectivity index (χ3v) is 7.80. The van der Waals surface area contributed by atoms with Gasteiger partial charge < -0.3 is 4.74 Å². The van der Waals surface area contributed by atoms with Gasteiger partial charge in [0, 0.05) is 10.4 Å². The summed E-state index contributed by atoms with van der Waals surface area (Å²) in [5, 5.41) is 6.90. The second kappa shape index (κ2) is 9.62. The number of hydrazone groups is 1. The highest BCUT2D eigenvalue weighted by Gasteiger charge is 2.25. The SMILES string of the molecule is CCOc1ccc2ccccc2c1/C=N\NC(=O)[C@H](C)n1cnc2sc3c(c2c1=O)CC[C@H](C)C3. The average Bonchev–Trinajstić information content (AvgIpc) is 3.23. The van der Waals surface area contributed by atoms with E-state index in [0.717, 1.165) is 46.0 Å². The predicted molar refractivity (Wildman–Crippen MR) is 141 cm³/mol. The number of aromatic nitrogens is 2. The molecule has 180 valence electrons. The highest BCUT2D eigenvalue weighted by molar-refractivity contribution is 7.18. The maximum absolute atomic E-state index is 13.3. The zero-order valence-corrected chi connectivity index (χ0v) is 20.9. The largest absolute Gasteiger partial charge is 0.493 e. The Labute approximate surface area is 207 Å². The van der Waals surface area contributed by atoms with Crippen LogP contribution in [0.15, 0.2) is 52.6 Å². The number of ether oxygens (including phenoxy) is 1. The minimum Gasteiger partial charge on any atom is -0.493 e. The molecule has 5 rings (SSSR count). The molecule has 1 amide bonds. The Morgan fingerprint density at radius 1 is 1.34 bits per heavy atom. The summed E-state index contributed by atoms with van der Waals surface area (Å²) in [6, 6.07) is 11.1. The lowest BCUT2D eigenvalue weighted by molar-refractivity contribution is -0.123. The van der Waals surface area contributed by atoms with Gasteiger partial charge in [0.25, 0.3) is 11.5 Å². The first-order chi connectivity index (χ1) is 17.0. The van der Waals surface area contributed by atoms with Crippen LogP contribution in [0, 0.1) is 5.92 Å². The first-order valence-electron chi connectivity index (χ1n) is 12.0. The van der Waals surface area contributed by atoms with E-state index in [-0.39, 0.29) is 11.5 Å². The van der Waals surface area contributed by atoms with Crippen LogP contribution in [0.25, 0.3) is 21.0 Å². The Morgan fingerprint density at radius 3 is 3.00 bits per heavy atom. The molecule has 1 N–H and O–H groups in total. The number of carbonyl (C=O) groups is 1. The van der Waals surface area contributed by atoms with Crippen molar-refractivity contribution >= 4 is 44.4 Å². The first kappa shape index (κ1) is 23.2. The molecule has 2 atom stereocenters. The fraction of sp³-hybridized carbons (Fsp3) is 0.333. The highest BCUT2D eigenvalue weighted by atomic mass is 32.1. The molecule has 0 saturated carbocycles. The molecule has 0 saturated heterocycles. The van der Waals surface area contributed by atoms with Gasteiger partial charge in [0.15, 0.2) is 0 Å². The van der Waals surface area contributed by atoms with E-state index in [1.165, 1.54) is 15.8 Å². The first-order valence-corrected chi connectivity index (χ1v) is 12.8. The fourth-order valence-corrected chi connectivity index (χ4v) is 6.03. The lowest BCUT2D eigenvalue weighted by Gasteiger charge is -2.18. The molecule has 35 heavy (non-hydrogen) atoms. The van der Waals surface area contributed by atoms with Crippen LogP contribution in [0.2, 0.25) is 0 Å². The fourth-order valence-electron chi connectivity index (χ4n) is 4.69. The Bertz CT molecular complexity index is 1500. The molecule has 2 aromatic heterocycles. The molecule has 1 aliphatic carbocycles. The topological polar surface area (TPSA) is 85.6 Å². The number of carbonyl (C=O) groups excluding carboxylic acids is 1. The Balaban J connectivity index is 1.40. The number of hydrogen-bond donors (Lipinski definition) is 1. The van der Waals surface area contributed by atoms with Gasteiger partial charge in [-0.2, -0.15) is 5.10 Å². The third kappa shape index (κ3) is 4.34. The zero-order chi connectivity index (χ0) is 24.5. The second-order valence-corrected chi connectivity index (χ2v) is 10.1. The van der Waals surface area contributed by atoms with Gasteiger partial charge in [-0.1, -0.05) is 37.3 Å². The number of rotatable bonds is 6. The van der Waals surface area contributed by atoms with Crippen molar-refractivity contribution in [1.29, 1.82) is 0 Å². The van der Waals surface area contributed by atoms with Crippen LogP contribution in [0.5, 0.6) is 5.75 Å². The van der Waals surface area contributed by atoms with Gasteiger partial charge in [0.1, 0.15) is 16.6 Å². The van der Waals surface area contributed by atoms with Crippen LogP contribution in [0.3, 0.4) is 0 Å². The quantitative estimate of drug-likeness (QED) is 0.311. The summed E-state index contributed by atoms with van der Waals surface area (Å²) in [7, 11) is 0. The Kier molecular flexibility index (Phi) is 6.38. The van der Waals surface area contributed by atoms with E-state index in [2.05, 4.69) is 22.4 Å². The number of fused-ring (bicyclic) bond motifs is 4. The van der Waals surface area contributed by atoms with Crippen molar-refractivity contribution in [3.05, 3.63) is 69.1 Å². The molecule has 7 nitrogen and oxygen atoms in total. The maximum Gasteiger partial charge on any atom is 0.263 e. The summed E-state index contributed by atoms with van der Waals surface area (Å²) >= 11 is 1.60. The van der Waals surface area contributed by atoms with E-state index in [9.17, 15) is 9.59 Å². The van der Waals surface area contributed by atoms with Crippen molar-refractivity contribution in [3.63, 3.8) is 0 Å². The maximum atomic E-state index is 13.3. The van der Waals surface area contributed by atoms with Crippen LogP contribution >= 0.6 is 11.3 Å². The molecule has 0 aliphatic heterocycles. The third-order valence-electron chi connectivity index (χ3n) is 6.64. The molecular weight excluding hydrogens is 460 g/mol. The van der Waals surface area contributed by atoms with E-state index >= 15 is 0 Å². The van der Waals surface area contributed by atoms with Crippen LogP contribution in [-0.2, 0) is 17.6 Å². The molecule has 0 spiro atoms. The van der Waals surface area contributed by atoms with Crippen molar-refractivity contribution in [1.82, 2.24) is 15.0 Å². The van der Waals surface area contributed by atoms with Gasteiger partial charge in [0.2, 0.25) is 0 Å². The molecule has 8 heteroatoms. The number of hydrogen-bond acceptors (Lipinski definition) is 6. The van der Waals surface area contributed by atoms with E-state index in [4.69, 9.17) is 4.74 Å². The van der Waals surface area contributed by atoms with E-state index in [1.54, 1.807) is 24.5 Å². The van der Waals surface area contributed by atoms with E-state index in [0.29, 0.717) is 23.7 Å². The molecule has 4 aromatic rings. The summed E-state index contributed by atoms with van der Waals surface area (Å²) in [5.74, 6) is 0.922. The number of nitrogens with zero attached hydrogens (tertiary/aromatic N) is 3.